The summed E-state index contributed by atoms with van der Waals surface area (Å²) in [6.07, 6.45) is 0.862. The molecule has 0 amide bonds. The van der Waals surface area contributed by atoms with Gasteiger partial charge >= 0.3 is 0 Å². The van der Waals surface area contributed by atoms with Gasteiger partial charge in [0.2, 0.25) is 11.9 Å². The number of thiophene rings is 1. The van der Waals surface area contributed by atoms with E-state index in [0.29, 0.717) is 5.95 Å². The molecular formula is C13H18FN5S. The zero-order chi connectivity index (χ0) is 14.8. The Morgan fingerprint density at radius 3 is 2.70 bits per heavy atom. The van der Waals surface area contributed by atoms with Crippen LogP contribution in [0.5, 0.6) is 0 Å². The topological polar surface area (TPSA) is 76.7 Å². The first-order valence-electron chi connectivity index (χ1n) is 6.41. The average Bonchev–Trinajstić information content (AvgIpc) is 2.88. The second-order valence-electron chi connectivity index (χ2n) is 4.93. The fourth-order valence-corrected chi connectivity index (χ4v) is 2.60. The number of anilines is 2. The number of aromatic nitrogens is 3. The molecule has 2 rings (SSSR count). The Kier molecular flexibility index (Phi) is 4.17. The number of nitrogen functional groups attached to an aromatic ring is 1. The summed E-state index contributed by atoms with van der Waals surface area (Å²) in [6, 6.07) is 4.10. The smallest absolute Gasteiger partial charge is 0.228 e. The summed E-state index contributed by atoms with van der Waals surface area (Å²) in [5, 5.41) is 5.20. The molecule has 5 nitrogen and oxygen atoms in total. The summed E-state index contributed by atoms with van der Waals surface area (Å²) < 4.78 is 13.9. The number of nitrogens with zero attached hydrogens (tertiary/aromatic N) is 3. The van der Waals surface area contributed by atoms with Crippen molar-refractivity contribution in [3.05, 3.63) is 28.2 Å². The van der Waals surface area contributed by atoms with Crippen molar-refractivity contribution in [2.45, 2.75) is 38.9 Å². The van der Waals surface area contributed by atoms with E-state index in [9.17, 15) is 4.39 Å². The maximum Gasteiger partial charge on any atom is 0.228 e. The molecule has 7 heteroatoms. The fourth-order valence-electron chi connectivity index (χ4n) is 1.74. The van der Waals surface area contributed by atoms with Crippen LogP contribution in [0.4, 0.5) is 16.3 Å². The first-order valence-corrected chi connectivity index (χ1v) is 7.29. The van der Waals surface area contributed by atoms with Gasteiger partial charge in [-0.05, 0) is 31.7 Å². The summed E-state index contributed by atoms with van der Waals surface area (Å²) in [7, 11) is 0. The molecule has 0 saturated carbocycles. The quantitative estimate of drug-likeness (QED) is 0.885. The number of halogens is 1. The van der Waals surface area contributed by atoms with Crippen LogP contribution in [0.15, 0.2) is 17.5 Å². The van der Waals surface area contributed by atoms with Crippen LogP contribution in [0.25, 0.3) is 0 Å². The van der Waals surface area contributed by atoms with Gasteiger partial charge in [-0.3, -0.25) is 0 Å². The molecule has 0 aromatic carbocycles. The van der Waals surface area contributed by atoms with Crippen LogP contribution in [0.2, 0.25) is 0 Å². The number of hydrogen-bond donors (Lipinski definition) is 2. The Hall–Kier alpha value is -1.76. The molecule has 3 N–H and O–H groups in total. The molecule has 0 aliphatic carbocycles. The molecule has 20 heavy (non-hydrogen) atoms. The van der Waals surface area contributed by atoms with E-state index in [2.05, 4.69) is 27.2 Å². The van der Waals surface area contributed by atoms with Gasteiger partial charge in [-0.15, -0.1) is 11.3 Å². The third-order valence-electron chi connectivity index (χ3n) is 2.78. The lowest BCUT2D eigenvalue weighted by molar-refractivity contribution is 0.206. The highest BCUT2D eigenvalue weighted by atomic mass is 32.1. The molecule has 0 spiro atoms. The van der Waals surface area contributed by atoms with Crippen molar-refractivity contribution in [1.29, 1.82) is 0 Å². The van der Waals surface area contributed by atoms with Crippen LogP contribution in [-0.2, 0) is 5.67 Å². The summed E-state index contributed by atoms with van der Waals surface area (Å²) in [6.45, 7) is 4.84. The van der Waals surface area contributed by atoms with Crippen LogP contribution in [0.3, 0.4) is 0 Å². The van der Waals surface area contributed by atoms with Gasteiger partial charge in [0.1, 0.15) is 0 Å². The Labute approximate surface area is 121 Å². The Balaban J connectivity index is 2.27. The molecule has 0 aliphatic heterocycles. The number of hydrogen-bond acceptors (Lipinski definition) is 6. The summed E-state index contributed by atoms with van der Waals surface area (Å²) >= 11 is 1.65. The van der Waals surface area contributed by atoms with E-state index in [1.807, 2.05) is 17.5 Å². The van der Waals surface area contributed by atoms with Crippen molar-refractivity contribution in [3.63, 3.8) is 0 Å². The normalized spacial score (nSPS) is 13.2. The van der Waals surface area contributed by atoms with Crippen LogP contribution >= 0.6 is 11.3 Å². The van der Waals surface area contributed by atoms with Crippen LogP contribution in [-0.4, -0.2) is 15.0 Å². The van der Waals surface area contributed by atoms with Gasteiger partial charge < -0.3 is 11.1 Å². The largest absolute Gasteiger partial charge is 0.368 e. The molecule has 0 radical (unpaired) electrons. The Bertz CT molecular complexity index is 565. The van der Waals surface area contributed by atoms with Gasteiger partial charge in [0.05, 0.1) is 6.04 Å². The van der Waals surface area contributed by atoms with Crippen molar-refractivity contribution in [2.75, 3.05) is 11.1 Å². The van der Waals surface area contributed by atoms with Gasteiger partial charge in [0.25, 0.3) is 0 Å². The van der Waals surface area contributed by atoms with Crippen molar-refractivity contribution in [1.82, 2.24) is 15.0 Å². The van der Waals surface area contributed by atoms with E-state index in [1.54, 1.807) is 11.3 Å². The minimum Gasteiger partial charge on any atom is -0.368 e. The third kappa shape index (κ3) is 3.41. The van der Waals surface area contributed by atoms with Gasteiger partial charge in [-0.25, -0.2) is 4.39 Å². The molecule has 108 valence electrons. The molecule has 2 aromatic rings. The maximum absolute atomic E-state index is 13.9. The van der Waals surface area contributed by atoms with Crippen molar-refractivity contribution in [2.24, 2.45) is 0 Å². The Morgan fingerprint density at radius 2 is 2.15 bits per heavy atom. The van der Waals surface area contributed by atoms with E-state index in [0.717, 1.165) is 6.42 Å². The van der Waals surface area contributed by atoms with Gasteiger partial charge in [-0.1, -0.05) is 13.0 Å². The lowest BCUT2D eigenvalue weighted by Gasteiger charge is -2.18. The predicted molar refractivity (Wildman–Crippen MR) is 79.3 cm³/mol. The number of alkyl halides is 1. The highest BCUT2D eigenvalue weighted by molar-refractivity contribution is 7.10. The van der Waals surface area contributed by atoms with E-state index in [-0.39, 0.29) is 17.8 Å². The highest BCUT2D eigenvalue weighted by Gasteiger charge is 2.24. The number of nitrogens with two attached hydrogens (primary N) is 1. The van der Waals surface area contributed by atoms with Crippen LogP contribution in [0, 0.1) is 0 Å². The van der Waals surface area contributed by atoms with E-state index in [4.69, 9.17) is 5.73 Å². The molecule has 2 aromatic heterocycles. The number of rotatable bonds is 5. The zero-order valence-electron chi connectivity index (χ0n) is 11.7. The SMILES string of the molecule is CCC(Nc1nc(N)nc(C(C)(C)F)n1)c1cccs1. The Morgan fingerprint density at radius 1 is 1.40 bits per heavy atom. The first-order chi connectivity index (χ1) is 9.40. The zero-order valence-corrected chi connectivity index (χ0v) is 12.5. The fraction of sp³-hybridized carbons (Fsp3) is 0.462. The summed E-state index contributed by atoms with van der Waals surface area (Å²) in [4.78, 5) is 13.2. The lowest BCUT2D eigenvalue weighted by atomic mass is 10.1. The first kappa shape index (κ1) is 14.6. The molecule has 0 bridgehead atoms. The van der Waals surface area contributed by atoms with E-state index >= 15 is 0 Å². The predicted octanol–water partition coefficient (Wildman–Crippen LogP) is 3.28. The average molecular weight is 295 g/mol. The molecule has 0 saturated heterocycles. The van der Waals surface area contributed by atoms with Crippen LogP contribution in [0.1, 0.15) is 43.9 Å². The molecular weight excluding hydrogens is 277 g/mol. The second kappa shape index (κ2) is 5.70. The van der Waals surface area contributed by atoms with Crippen molar-refractivity contribution in [3.8, 4) is 0 Å². The molecule has 2 heterocycles. The maximum atomic E-state index is 13.9. The van der Waals surface area contributed by atoms with Gasteiger partial charge in [-0.2, -0.15) is 15.0 Å². The highest BCUT2D eigenvalue weighted by Crippen LogP contribution is 2.26. The molecule has 0 fully saturated rings. The minimum absolute atomic E-state index is 0.0178. The van der Waals surface area contributed by atoms with E-state index < -0.39 is 5.67 Å². The molecule has 0 aliphatic rings. The van der Waals surface area contributed by atoms with Gasteiger partial charge in [0.15, 0.2) is 11.5 Å². The molecule has 1 unspecified atom stereocenters. The molecule has 1 atom stereocenters. The number of nitrogens with one attached hydrogen (secondary N) is 1. The summed E-state index contributed by atoms with van der Waals surface area (Å²) in [5.41, 5.74) is 3.97. The second-order valence-corrected chi connectivity index (χ2v) is 5.91. The minimum atomic E-state index is -1.65. The van der Waals surface area contributed by atoms with Gasteiger partial charge in [0, 0.05) is 4.88 Å². The van der Waals surface area contributed by atoms with Crippen LogP contribution < -0.4 is 11.1 Å². The third-order valence-corrected chi connectivity index (χ3v) is 3.77. The summed E-state index contributed by atoms with van der Waals surface area (Å²) in [5.74, 6) is 0.358. The van der Waals surface area contributed by atoms with Crippen molar-refractivity contribution >= 4 is 23.2 Å². The van der Waals surface area contributed by atoms with Crippen molar-refractivity contribution < 1.29 is 4.39 Å². The monoisotopic (exact) mass is 295 g/mol. The lowest BCUT2D eigenvalue weighted by Crippen LogP contribution is -2.19. The standard InChI is InChI=1S/C13H18FN5S/c1-4-8(9-6-5-7-20-9)16-12-18-10(13(2,3)14)17-11(15)19-12/h5-8H,4H2,1-3H3,(H3,15,16,17,18,19). The van der Waals surface area contributed by atoms with E-state index in [1.165, 1.54) is 18.7 Å².